The van der Waals surface area contributed by atoms with Crippen molar-refractivity contribution in [2.75, 3.05) is 19.1 Å². The van der Waals surface area contributed by atoms with Gasteiger partial charge >= 0.3 is 11.9 Å². The van der Waals surface area contributed by atoms with E-state index in [4.69, 9.17) is 15.2 Å². The largest absolute Gasteiger partial charge is 0.466 e. The number of nitriles is 2. The predicted molar refractivity (Wildman–Crippen MR) is 115 cm³/mol. The monoisotopic (exact) mass is 428 g/mol. The first-order valence-electron chi connectivity index (χ1n) is 9.55. The molecule has 0 saturated heterocycles. The molecule has 3 rings (SSSR count). The van der Waals surface area contributed by atoms with Crippen LogP contribution < -0.4 is 10.6 Å². The summed E-state index contributed by atoms with van der Waals surface area (Å²) in [6, 6.07) is 17.7. The molecule has 2 aromatic rings. The maximum absolute atomic E-state index is 13.0. The molecule has 0 saturated carbocycles. The van der Waals surface area contributed by atoms with Crippen molar-refractivity contribution in [3.8, 4) is 12.1 Å². The minimum absolute atomic E-state index is 0.0519. The zero-order valence-electron chi connectivity index (χ0n) is 17.7. The smallest absolute Gasteiger partial charge is 0.355 e. The van der Waals surface area contributed by atoms with Gasteiger partial charge in [-0.15, -0.1) is 0 Å². The third-order valence-corrected chi connectivity index (χ3v) is 5.06. The van der Waals surface area contributed by atoms with E-state index in [0.29, 0.717) is 16.8 Å². The molecule has 8 nitrogen and oxygen atoms in total. The number of nitrogens with two attached hydrogens (primary N) is 1. The van der Waals surface area contributed by atoms with E-state index in [-0.39, 0.29) is 22.7 Å². The summed E-state index contributed by atoms with van der Waals surface area (Å²) in [5.74, 6) is -2.65. The number of hydrogen-bond donors (Lipinski definition) is 1. The van der Waals surface area contributed by atoms with Crippen molar-refractivity contribution in [2.45, 2.75) is 12.8 Å². The Hall–Kier alpha value is -4.56. The number of anilines is 1. The van der Waals surface area contributed by atoms with E-state index in [1.54, 1.807) is 49.4 Å². The standard InChI is InChI=1S/C24H20N4O4/c1-14-9-15(12-25)11-17(10-14)28-21(24(30)32-3)20(23(29)31-2)19(18(13-26)22(28)27)16-7-5-4-6-8-16/h4-11,19H,27H2,1-3H3. The van der Waals surface area contributed by atoms with E-state index >= 15 is 0 Å². The van der Waals surface area contributed by atoms with Gasteiger partial charge in [-0.3, -0.25) is 4.90 Å². The number of allylic oxidation sites excluding steroid dienone is 1. The van der Waals surface area contributed by atoms with Gasteiger partial charge in [0.2, 0.25) is 0 Å². The minimum atomic E-state index is -0.945. The summed E-state index contributed by atoms with van der Waals surface area (Å²) in [6.45, 7) is 1.77. The molecule has 1 atom stereocenters. The van der Waals surface area contributed by atoms with Crippen molar-refractivity contribution in [3.63, 3.8) is 0 Å². The van der Waals surface area contributed by atoms with E-state index in [1.165, 1.54) is 25.2 Å². The van der Waals surface area contributed by atoms with Crippen LogP contribution in [0.4, 0.5) is 5.69 Å². The first-order valence-corrected chi connectivity index (χ1v) is 9.55. The van der Waals surface area contributed by atoms with Gasteiger partial charge in [0.1, 0.15) is 11.5 Å². The zero-order valence-corrected chi connectivity index (χ0v) is 17.7. The van der Waals surface area contributed by atoms with E-state index < -0.39 is 17.9 Å². The van der Waals surface area contributed by atoms with Crippen LogP contribution in [0.3, 0.4) is 0 Å². The van der Waals surface area contributed by atoms with E-state index in [2.05, 4.69) is 12.1 Å². The van der Waals surface area contributed by atoms with Crippen molar-refractivity contribution >= 4 is 17.6 Å². The number of nitrogens with zero attached hydrogens (tertiary/aromatic N) is 3. The Labute approximate surface area is 185 Å². The molecule has 0 bridgehead atoms. The molecule has 1 unspecified atom stereocenters. The topological polar surface area (TPSA) is 129 Å². The van der Waals surface area contributed by atoms with E-state index in [0.717, 1.165) is 5.56 Å². The molecular formula is C24H20N4O4. The van der Waals surface area contributed by atoms with Crippen LogP contribution in [0, 0.1) is 29.6 Å². The van der Waals surface area contributed by atoms with Crippen LogP contribution in [0.15, 0.2) is 71.2 Å². The van der Waals surface area contributed by atoms with Gasteiger partial charge in [0.25, 0.3) is 0 Å². The van der Waals surface area contributed by atoms with Crippen LogP contribution in [-0.4, -0.2) is 26.2 Å². The molecule has 0 aromatic heterocycles. The molecule has 2 aromatic carbocycles. The third-order valence-electron chi connectivity index (χ3n) is 5.06. The molecule has 1 aliphatic heterocycles. The Morgan fingerprint density at radius 1 is 1.00 bits per heavy atom. The number of methoxy groups -OCH3 is 2. The molecule has 0 radical (unpaired) electrons. The van der Waals surface area contributed by atoms with Crippen LogP contribution in [0.25, 0.3) is 0 Å². The maximum atomic E-state index is 13.0. The fraction of sp³-hybridized carbons (Fsp3) is 0.167. The average Bonchev–Trinajstić information content (AvgIpc) is 2.82. The number of esters is 2. The molecule has 2 N–H and O–H groups in total. The Bertz CT molecular complexity index is 1230. The minimum Gasteiger partial charge on any atom is -0.466 e. The number of aryl methyl sites for hydroxylation is 1. The van der Waals surface area contributed by atoms with Crippen LogP contribution >= 0.6 is 0 Å². The number of benzene rings is 2. The summed E-state index contributed by atoms with van der Waals surface area (Å²) in [6.07, 6.45) is 0. The fourth-order valence-electron chi connectivity index (χ4n) is 3.74. The second-order valence-electron chi connectivity index (χ2n) is 7.00. The van der Waals surface area contributed by atoms with Crippen LogP contribution in [-0.2, 0) is 19.1 Å². The lowest BCUT2D eigenvalue weighted by atomic mass is 9.81. The van der Waals surface area contributed by atoms with Crippen molar-refractivity contribution in [3.05, 3.63) is 87.9 Å². The number of hydrogen-bond acceptors (Lipinski definition) is 8. The summed E-state index contributed by atoms with van der Waals surface area (Å²) in [4.78, 5) is 27.2. The van der Waals surface area contributed by atoms with Gasteiger partial charge in [0.15, 0.2) is 0 Å². The molecule has 8 heteroatoms. The van der Waals surface area contributed by atoms with E-state index in [9.17, 15) is 20.1 Å². The first-order chi connectivity index (χ1) is 15.4. The fourth-order valence-corrected chi connectivity index (χ4v) is 3.74. The Kier molecular flexibility index (Phi) is 6.27. The highest BCUT2D eigenvalue weighted by molar-refractivity contribution is 6.06. The molecule has 0 aliphatic carbocycles. The molecule has 1 aliphatic rings. The van der Waals surface area contributed by atoms with Crippen LogP contribution in [0.2, 0.25) is 0 Å². The Morgan fingerprint density at radius 2 is 1.66 bits per heavy atom. The summed E-state index contributed by atoms with van der Waals surface area (Å²) in [5, 5.41) is 19.4. The Balaban J connectivity index is 2.44. The number of carbonyl (C=O) groups is 2. The van der Waals surface area contributed by atoms with Gasteiger partial charge in [-0.2, -0.15) is 10.5 Å². The van der Waals surface area contributed by atoms with Gasteiger partial charge < -0.3 is 15.2 Å². The molecule has 160 valence electrons. The van der Waals surface area contributed by atoms with Crippen LogP contribution in [0.1, 0.15) is 22.6 Å². The highest BCUT2D eigenvalue weighted by atomic mass is 16.5. The van der Waals surface area contributed by atoms with Gasteiger partial charge in [0, 0.05) is 5.69 Å². The van der Waals surface area contributed by atoms with Gasteiger partial charge in [-0.25, -0.2) is 9.59 Å². The number of carbonyl (C=O) groups excluding carboxylic acids is 2. The lowest BCUT2D eigenvalue weighted by Gasteiger charge is -2.36. The lowest BCUT2D eigenvalue weighted by Crippen LogP contribution is -2.40. The predicted octanol–water partition coefficient (Wildman–Crippen LogP) is 2.76. The molecule has 32 heavy (non-hydrogen) atoms. The average molecular weight is 428 g/mol. The van der Waals surface area contributed by atoms with E-state index in [1.807, 2.05) is 0 Å². The van der Waals surface area contributed by atoms with Crippen molar-refractivity contribution in [1.29, 1.82) is 10.5 Å². The SMILES string of the molecule is COC(=O)C1=C(C(=O)OC)N(c2cc(C)cc(C#N)c2)C(N)=C(C#N)C1c1ccccc1. The summed E-state index contributed by atoms with van der Waals surface area (Å²) >= 11 is 0. The zero-order chi connectivity index (χ0) is 23.4. The molecule has 0 fully saturated rings. The lowest BCUT2D eigenvalue weighted by molar-refractivity contribution is -0.139. The normalized spacial score (nSPS) is 15.7. The number of ether oxygens (including phenoxy) is 2. The van der Waals surface area contributed by atoms with Crippen LogP contribution in [0.5, 0.6) is 0 Å². The van der Waals surface area contributed by atoms with Crippen molar-refractivity contribution < 1.29 is 19.1 Å². The summed E-state index contributed by atoms with van der Waals surface area (Å²) < 4.78 is 9.97. The number of rotatable bonds is 4. The quantitative estimate of drug-likeness (QED) is 0.736. The van der Waals surface area contributed by atoms with Gasteiger partial charge in [-0.05, 0) is 36.2 Å². The molecule has 0 spiro atoms. The second-order valence-corrected chi connectivity index (χ2v) is 7.00. The highest BCUT2D eigenvalue weighted by Gasteiger charge is 2.43. The molecule has 1 heterocycles. The maximum Gasteiger partial charge on any atom is 0.355 e. The summed E-state index contributed by atoms with van der Waals surface area (Å²) in [5.41, 5.74) is 8.17. The first kappa shape index (κ1) is 22.1. The van der Waals surface area contributed by atoms with Crippen molar-refractivity contribution in [2.24, 2.45) is 5.73 Å². The molecule has 0 amide bonds. The summed E-state index contributed by atoms with van der Waals surface area (Å²) in [7, 11) is 2.36. The highest BCUT2D eigenvalue weighted by Crippen LogP contribution is 2.43. The van der Waals surface area contributed by atoms with Gasteiger partial charge in [0.05, 0.1) is 49.0 Å². The second kappa shape index (κ2) is 9.07. The molecular weight excluding hydrogens is 408 g/mol. The third kappa shape index (κ3) is 3.78. The Morgan fingerprint density at radius 3 is 2.22 bits per heavy atom. The van der Waals surface area contributed by atoms with Crippen molar-refractivity contribution in [1.82, 2.24) is 0 Å². The van der Waals surface area contributed by atoms with Gasteiger partial charge in [-0.1, -0.05) is 30.3 Å².